The zero-order chi connectivity index (χ0) is 19.0. The average Bonchev–Trinajstić information content (AvgIpc) is 2.64. The number of anilines is 1. The summed E-state index contributed by atoms with van der Waals surface area (Å²) in [5, 5.41) is 6.03. The lowest BCUT2D eigenvalue weighted by atomic mass is 10.1. The number of hydrogen-bond donors (Lipinski definition) is 2. The van der Waals surface area contributed by atoms with Crippen molar-refractivity contribution in [1.29, 1.82) is 0 Å². The predicted octanol–water partition coefficient (Wildman–Crippen LogP) is 2.57. The second-order valence-electron chi connectivity index (χ2n) is 5.78. The van der Waals surface area contributed by atoms with Gasteiger partial charge in [-0.1, -0.05) is 6.07 Å². The first-order valence-corrected chi connectivity index (χ1v) is 9.81. The SMILES string of the molecule is CN=C(NCCSC)NCc1ccc(N2CCOCC2)cc1C(F)(F)F. The van der Waals surface area contributed by atoms with Crippen molar-refractivity contribution in [2.45, 2.75) is 12.7 Å². The van der Waals surface area contributed by atoms with Crippen LogP contribution in [0.25, 0.3) is 0 Å². The Kier molecular flexibility index (Phi) is 7.89. The summed E-state index contributed by atoms with van der Waals surface area (Å²) in [4.78, 5) is 5.96. The van der Waals surface area contributed by atoms with Crippen LogP contribution in [0.1, 0.15) is 11.1 Å². The van der Waals surface area contributed by atoms with Gasteiger partial charge in [0, 0.05) is 44.7 Å². The van der Waals surface area contributed by atoms with Gasteiger partial charge in [0.05, 0.1) is 18.8 Å². The first-order chi connectivity index (χ1) is 12.5. The van der Waals surface area contributed by atoms with E-state index < -0.39 is 11.7 Å². The van der Waals surface area contributed by atoms with E-state index in [-0.39, 0.29) is 12.1 Å². The molecule has 1 aromatic carbocycles. The van der Waals surface area contributed by atoms with Crippen LogP contribution in [-0.4, -0.2) is 57.9 Å². The lowest BCUT2D eigenvalue weighted by molar-refractivity contribution is -0.138. The van der Waals surface area contributed by atoms with Crippen LogP contribution in [0.3, 0.4) is 0 Å². The number of alkyl halides is 3. The fourth-order valence-corrected chi connectivity index (χ4v) is 2.98. The number of halogens is 3. The van der Waals surface area contributed by atoms with Crippen LogP contribution in [0.4, 0.5) is 18.9 Å². The quantitative estimate of drug-likeness (QED) is 0.444. The van der Waals surface area contributed by atoms with Gasteiger partial charge in [-0.3, -0.25) is 4.99 Å². The molecule has 26 heavy (non-hydrogen) atoms. The fourth-order valence-electron chi connectivity index (χ4n) is 2.67. The molecule has 1 saturated heterocycles. The van der Waals surface area contributed by atoms with Gasteiger partial charge in [-0.2, -0.15) is 24.9 Å². The van der Waals surface area contributed by atoms with Gasteiger partial charge < -0.3 is 20.3 Å². The molecule has 1 fully saturated rings. The molecule has 0 aliphatic carbocycles. The molecule has 1 aliphatic heterocycles. The molecule has 2 rings (SSSR count). The minimum Gasteiger partial charge on any atom is -0.378 e. The second-order valence-corrected chi connectivity index (χ2v) is 6.77. The molecule has 0 saturated carbocycles. The first-order valence-electron chi connectivity index (χ1n) is 8.42. The zero-order valence-electron chi connectivity index (χ0n) is 15.0. The maximum atomic E-state index is 13.5. The number of hydrogen-bond acceptors (Lipinski definition) is 4. The summed E-state index contributed by atoms with van der Waals surface area (Å²) in [6.07, 6.45) is -2.42. The van der Waals surface area contributed by atoms with Crippen molar-refractivity contribution < 1.29 is 17.9 Å². The summed E-state index contributed by atoms with van der Waals surface area (Å²) < 4.78 is 45.9. The Morgan fingerprint density at radius 2 is 2.00 bits per heavy atom. The minimum absolute atomic E-state index is 0.0528. The highest BCUT2D eigenvalue weighted by Gasteiger charge is 2.34. The van der Waals surface area contributed by atoms with Crippen molar-refractivity contribution in [2.75, 3.05) is 56.8 Å². The Hall–Kier alpha value is -1.61. The average molecular weight is 390 g/mol. The summed E-state index contributed by atoms with van der Waals surface area (Å²) in [5.41, 5.74) is 0.155. The maximum Gasteiger partial charge on any atom is 0.416 e. The van der Waals surface area contributed by atoms with Gasteiger partial charge in [-0.05, 0) is 24.0 Å². The van der Waals surface area contributed by atoms with Crippen LogP contribution in [0, 0.1) is 0 Å². The number of benzene rings is 1. The number of aliphatic imine (C=N–C) groups is 1. The Morgan fingerprint density at radius 3 is 2.62 bits per heavy atom. The van der Waals surface area contributed by atoms with Crippen molar-refractivity contribution in [3.05, 3.63) is 29.3 Å². The number of thioether (sulfide) groups is 1. The molecule has 1 aromatic rings. The lowest BCUT2D eigenvalue weighted by Gasteiger charge is -2.29. The molecule has 1 aliphatic rings. The number of ether oxygens (including phenoxy) is 1. The first kappa shape index (κ1) is 20.7. The van der Waals surface area contributed by atoms with E-state index in [1.54, 1.807) is 24.9 Å². The molecule has 9 heteroatoms. The van der Waals surface area contributed by atoms with E-state index in [9.17, 15) is 13.2 Å². The van der Waals surface area contributed by atoms with Crippen LogP contribution in [0.5, 0.6) is 0 Å². The van der Waals surface area contributed by atoms with E-state index in [0.717, 1.165) is 5.75 Å². The summed E-state index contributed by atoms with van der Waals surface area (Å²) in [6, 6.07) is 4.50. The molecule has 0 amide bonds. The van der Waals surface area contributed by atoms with E-state index >= 15 is 0 Å². The van der Waals surface area contributed by atoms with Crippen LogP contribution in [0.15, 0.2) is 23.2 Å². The highest BCUT2D eigenvalue weighted by Crippen LogP contribution is 2.34. The number of rotatable bonds is 6. The zero-order valence-corrected chi connectivity index (χ0v) is 15.8. The van der Waals surface area contributed by atoms with Gasteiger partial charge in [0.15, 0.2) is 5.96 Å². The molecule has 0 atom stereocenters. The number of nitrogens with zero attached hydrogens (tertiary/aromatic N) is 2. The van der Waals surface area contributed by atoms with Gasteiger partial charge in [-0.15, -0.1) is 0 Å². The van der Waals surface area contributed by atoms with Gasteiger partial charge in [0.1, 0.15) is 0 Å². The Balaban J connectivity index is 2.11. The molecule has 1 heterocycles. The van der Waals surface area contributed by atoms with Crippen LogP contribution < -0.4 is 15.5 Å². The smallest absolute Gasteiger partial charge is 0.378 e. The summed E-state index contributed by atoms with van der Waals surface area (Å²) in [5.74, 6) is 1.38. The number of morpholine rings is 1. The predicted molar refractivity (Wildman–Crippen MR) is 101 cm³/mol. The molecule has 0 bridgehead atoms. The molecule has 0 aromatic heterocycles. The molecule has 2 N–H and O–H groups in total. The molecule has 146 valence electrons. The third-order valence-electron chi connectivity index (χ3n) is 4.04. The van der Waals surface area contributed by atoms with Crippen LogP contribution >= 0.6 is 11.8 Å². The lowest BCUT2D eigenvalue weighted by Crippen LogP contribution is -2.38. The largest absolute Gasteiger partial charge is 0.416 e. The molecule has 0 radical (unpaired) electrons. The minimum atomic E-state index is -4.41. The summed E-state index contributed by atoms with van der Waals surface area (Å²) in [7, 11) is 1.60. The monoisotopic (exact) mass is 390 g/mol. The fraction of sp³-hybridized carbons (Fsp3) is 0.588. The Bertz CT molecular complexity index is 604. The molecule has 0 spiro atoms. The summed E-state index contributed by atoms with van der Waals surface area (Å²) in [6.45, 7) is 3.01. The Labute approximate surface area is 156 Å². The third-order valence-corrected chi connectivity index (χ3v) is 4.66. The van der Waals surface area contributed by atoms with Crippen molar-refractivity contribution >= 4 is 23.4 Å². The highest BCUT2D eigenvalue weighted by molar-refractivity contribution is 7.98. The van der Waals surface area contributed by atoms with Gasteiger partial charge in [-0.25, -0.2) is 0 Å². The van der Waals surface area contributed by atoms with Crippen molar-refractivity contribution in [3.8, 4) is 0 Å². The van der Waals surface area contributed by atoms with Gasteiger partial charge in [0.25, 0.3) is 0 Å². The molecule has 5 nitrogen and oxygen atoms in total. The topological polar surface area (TPSA) is 48.9 Å². The maximum absolute atomic E-state index is 13.5. The normalized spacial score (nSPS) is 15.9. The van der Waals surface area contributed by atoms with Crippen LogP contribution in [0.2, 0.25) is 0 Å². The molecular formula is C17H25F3N4OS. The summed E-state index contributed by atoms with van der Waals surface area (Å²) >= 11 is 1.68. The van der Waals surface area contributed by atoms with Gasteiger partial charge in [0.2, 0.25) is 0 Å². The number of nitrogens with one attached hydrogen (secondary N) is 2. The van der Waals surface area contributed by atoms with E-state index in [0.29, 0.717) is 44.5 Å². The standard InChI is InChI=1S/C17H25F3N4OS/c1-21-16(22-5-10-26-2)23-12-13-3-4-14(11-15(13)17(18,19)20)24-6-8-25-9-7-24/h3-4,11H,5-10,12H2,1-2H3,(H2,21,22,23). The number of guanidine groups is 1. The van der Waals surface area contributed by atoms with Gasteiger partial charge >= 0.3 is 6.18 Å². The molecular weight excluding hydrogens is 365 g/mol. The van der Waals surface area contributed by atoms with Crippen molar-refractivity contribution in [2.24, 2.45) is 4.99 Å². The molecule has 0 unspecified atom stereocenters. The van der Waals surface area contributed by atoms with Crippen LogP contribution in [-0.2, 0) is 17.5 Å². The second kappa shape index (κ2) is 9.91. The van der Waals surface area contributed by atoms with E-state index in [4.69, 9.17) is 4.74 Å². The van der Waals surface area contributed by atoms with Crippen molar-refractivity contribution in [3.63, 3.8) is 0 Å². The Morgan fingerprint density at radius 1 is 1.27 bits per heavy atom. The van der Waals surface area contributed by atoms with E-state index in [1.807, 2.05) is 11.2 Å². The van der Waals surface area contributed by atoms with E-state index in [2.05, 4.69) is 15.6 Å². The van der Waals surface area contributed by atoms with Crippen molar-refractivity contribution in [1.82, 2.24) is 10.6 Å². The third kappa shape index (κ3) is 5.98. The highest BCUT2D eigenvalue weighted by atomic mass is 32.2. The van der Waals surface area contributed by atoms with E-state index in [1.165, 1.54) is 12.1 Å².